The molecule has 98 valence electrons. The van der Waals surface area contributed by atoms with Crippen LogP contribution in [0.5, 0.6) is 0 Å². The lowest BCUT2D eigenvalue weighted by atomic mass is 10.2. The van der Waals surface area contributed by atoms with Crippen LogP contribution in [0.4, 0.5) is 0 Å². The first-order valence-electron chi connectivity index (χ1n) is 5.40. The van der Waals surface area contributed by atoms with Gasteiger partial charge in [-0.15, -0.1) is 0 Å². The summed E-state index contributed by atoms with van der Waals surface area (Å²) in [6.07, 6.45) is 0. The van der Waals surface area contributed by atoms with Crippen LogP contribution in [0.15, 0.2) is 24.3 Å². The highest BCUT2D eigenvalue weighted by molar-refractivity contribution is 6.30. The Hall–Kier alpha value is -1.59. The van der Waals surface area contributed by atoms with E-state index in [4.69, 9.17) is 16.7 Å². The third kappa shape index (κ3) is 5.16. The summed E-state index contributed by atoms with van der Waals surface area (Å²) >= 11 is 5.85. The summed E-state index contributed by atoms with van der Waals surface area (Å²) in [7, 11) is 1.66. The van der Waals surface area contributed by atoms with Crippen LogP contribution in [0.1, 0.15) is 5.56 Å². The fourth-order valence-corrected chi connectivity index (χ4v) is 1.62. The van der Waals surface area contributed by atoms with Gasteiger partial charge < -0.3 is 10.0 Å². The van der Waals surface area contributed by atoms with Crippen LogP contribution in [0.2, 0.25) is 5.02 Å². The lowest BCUT2D eigenvalue weighted by molar-refractivity contribution is -0.136. The molecule has 0 bridgehead atoms. The lowest BCUT2D eigenvalue weighted by Gasteiger charge is -2.17. The molecule has 0 heterocycles. The molecular weight excluding hydrogens is 256 g/mol. The van der Waals surface area contributed by atoms with Crippen LogP contribution in [0.25, 0.3) is 0 Å². The van der Waals surface area contributed by atoms with E-state index in [-0.39, 0.29) is 19.0 Å². The van der Waals surface area contributed by atoms with Crippen LogP contribution >= 0.6 is 11.6 Å². The monoisotopic (exact) mass is 270 g/mol. The minimum Gasteiger partial charge on any atom is -0.480 e. The number of nitrogens with zero attached hydrogens (tertiary/aromatic N) is 1. The van der Waals surface area contributed by atoms with Crippen molar-refractivity contribution in [2.45, 2.75) is 6.54 Å². The second kappa shape index (κ2) is 6.98. The number of hydrogen-bond donors (Lipinski definition) is 2. The maximum atomic E-state index is 11.7. The molecule has 6 heteroatoms. The molecule has 18 heavy (non-hydrogen) atoms. The Bertz CT molecular complexity index is 437. The van der Waals surface area contributed by atoms with E-state index in [1.165, 1.54) is 4.90 Å². The van der Waals surface area contributed by atoms with Gasteiger partial charge in [0.1, 0.15) is 0 Å². The van der Waals surface area contributed by atoms with E-state index in [1.54, 1.807) is 19.2 Å². The summed E-state index contributed by atoms with van der Waals surface area (Å²) < 4.78 is 0. The smallest absolute Gasteiger partial charge is 0.317 e. The topological polar surface area (TPSA) is 69.6 Å². The molecule has 0 aliphatic rings. The number of carboxylic acid groups (broad SMARTS) is 1. The Labute approximate surface area is 110 Å². The quantitative estimate of drug-likeness (QED) is 0.808. The van der Waals surface area contributed by atoms with Gasteiger partial charge in [0.05, 0.1) is 13.1 Å². The van der Waals surface area contributed by atoms with Crippen molar-refractivity contribution in [3.63, 3.8) is 0 Å². The van der Waals surface area contributed by atoms with Crippen molar-refractivity contribution in [3.8, 4) is 0 Å². The van der Waals surface area contributed by atoms with E-state index >= 15 is 0 Å². The van der Waals surface area contributed by atoms with Gasteiger partial charge in [0.25, 0.3) is 0 Å². The van der Waals surface area contributed by atoms with Crippen LogP contribution < -0.4 is 5.32 Å². The lowest BCUT2D eigenvalue weighted by Crippen LogP contribution is -2.37. The Kier molecular flexibility index (Phi) is 5.61. The van der Waals surface area contributed by atoms with E-state index in [2.05, 4.69) is 5.32 Å². The molecule has 0 radical (unpaired) electrons. The minimum atomic E-state index is -0.986. The molecule has 0 unspecified atom stereocenters. The summed E-state index contributed by atoms with van der Waals surface area (Å²) in [5.41, 5.74) is 0.927. The number of amides is 1. The number of aliphatic carboxylic acids is 1. The molecule has 0 atom stereocenters. The van der Waals surface area contributed by atoms with Crippen molar-refractivity contribution >= 4 is 23.5 Å². The number of carboxylic acids is 1. The highest BCUT2D eigenvalue weighted by atomic mass is 35.5. The zero-order chi connectivity index (χ0) is 13.5. The molecule has 0 aliphatic carbocycles. The van der Waals surface area contributed by atoms with Crippen LogP contribution in [-0.2, 0) is 16.1 Å². The number of nitrogens with one attached hydrogen (secondary N) is 1. The maximum absolute atomic E-state index is 11.7. The zero-order valence-electron chi connectivity index (χ0n) is 10.0. The van der Waals surface area contributed by atoms with Crippen molar-refractivity contribution in [1.82, 2.24) is 10.2 Å². The van der Waals surface area contributed by atoms with Gasteiger partial charge in [0.15, 0.2) is 0 Å². The number of likely N-dealkylation sites (N-methyl/N-ethyl adjacent to an activating group) is 1. The number of carbonyl (C=O) groups is 2. The Balaban J connectivity index is 2.42. The van der Waals surface area contributed by atoms with E-state index < -0.39 is 5.97 Å². The van der Waals surface area contributed by atoms with Gasteiger partial charge in [-0.05, 0) is 17.7 Å². The number of rotatable bonds is 6. The molecule has 1 amide bonds. The van der Waals surface area contributed by atoms with Crippen LogP contribution in [0, 0.1) is 0 Å². The van der Waals surface area contributed by atoms with Crippen molar-refractivity contribution in [2.75, 3.05) is 20.1 Å². The first kappa shape index (κ1) is 14.5. The summed E-state index contributed by atoms with van der Waals surface area (Å²) in [5.74, 6) is -1.16. The summed E-state index contributed by atoms with van der Waals surface area (Å²) in [4.78, 5) is 23.4. The standard InChI is InChI=1S/C12H15ClN2O3/c1-15(11(16)6-14-7-12(17)18)8-9-3-2-4-10(13)5-9/h2-5,14H,6-8H2,1H3,(H,17,18). The van der Waals surface area contributed by atoms with Crippen molar-refractivity contribution < 1.29 is 14.7 Å². The average molecular weight is 271 g/mol. The molecule has 1 aromatic rings. The predicted octanol–water partition coefficient (Wildman–Crippen LogP) is 0.973. The van der Waals surface area contributed by atoms with Crippen LogP contribution in [0.3, 0.4) is 0 Å². The molecular formula is C12H15ClN2O3. The third-order valence-electron chi connectivity index (χ3n) is 2.29. The Morgan fingerprint density at radius 1 is 1.39 bits per heavy atom. The highest BCUT2D eigenvalue weighted by Gasteiger charge is 2.09. The molecule has 0 aromatic heterocycles. The summed E-state index contributed by atoms with van der Waals surface area (Å²) in [6, 6.07) is 7.25. The second-order valence-electron chi connectivity index (χ2n) is 3.88. The fraction of sp³-hybridized carbons (Fsp3) is 0.333. The number of hydrogen-bond acceptors (Lipinski definition) is 3. The highest BCUT2D eigenvalue weighted by Crippen LogP contribution is 2.11. The summed E-state index contributed by atoms with van der Waals surface area (Å²) in [6.45, 7) is 0.217. The molecule has 0 fully saturated rings. The molecule has 1 rings (SSSR count). The first-order valence-corrected chi connectivity index (χ1v) is 5.77. The normalized spacial score (nSPS) is 10.1. The molecule has 0 saturated heterocycles. The molecule has 1 aromatic carbocycles. The van der Waals surface area contributed by atoms with E-state index in [0.717, 1.165) is 5.56 Å². The van der Waals surface area contributed by atoms with Crippen molar-refractivity contribution in [1.29, 1.82) is 0 Å². The van der Waals surface area contributed by atoms with Gasteiger partial charge in [-0.2, -0.15) is 0 Å². The Morgan fingerprint density at radius 3 is 2.72 bits per heavy atom. The molecule has 5 nitrogen and oxygen atoms in total. The number of benzene rings is 1. The van der Waals surface area contributed by atoms with Crippen LogP contribution in [-0.4, -0.2) is 42.0 Å². The van der Waals surface area contributed by atoms with Gasteiger partial charge in [0, 0.05) is 18.6 Å². The first-order chi connectivity index (χ1) is 8.49. The Morgan fingerprint density at radius 2 is 2.11 bits per heavy atom. The predicted molar refractivity (Wildman–Crippen MR) is 68.4 cm³/mol. The van der Waals surface area contributed by atoms with Gasteiger partial charge in [-0.25, -0.2) is 0 Å². The fourth-order valence-electron chi connectivity index (χ4n) is 1.41. The van der Waals surface area contributed by atoms with Gasteiger partial charge >= 0.3 is 5.97 Å². The molecule has 2 N–H and O–H groups in total. The maximum Gasteiger partial charge on any atom is 0.317 e. The zero-order valence-corrected chi connectivity index (χ0v) is 10.8. The van der Waals surface area contributed by atoms with Gasteiger partial charge in [-0.3, -0.25) is 14.9 Å². The van der Waals surface area contributed by atoms with E-state index in [0.29, 0.717) is 11.6 Å². The SMILES string of the molecule is CN(Cc1cccc(Cl)c1)C(=O)CNCC(=O)O. The van der Waals surface area contributed by atoms with Crippen molar-refractivity contribution in [3.05, 3.63) is 34.9 Å². The third-order valence-corrected chi connectivity index (χ3v) is 2.52. The average Bonchev–Trinajstić information content (AvgIpc) is 2.28. The van der Waals surface area contributed by atoms with E-state index in [1.807, 2.05) is 12.1 Å². The minimum absolute atomic E-state index is 0.00334. The largest absolute Gasteiger partial charge is 0.480 e. The molecule has 0 spiro atoms. The van der Waals surface area contributed by atoms with E-state index in [9.17, 15) is 9.59 Å². The van der Waals surface area contributed by atoms with Gasteiger partial charge in [-0.1, -0.05) is 23.7 Å². The van der Waals surface area contributed by atoms with Gasteiger partial charge in [0.2, 0.25) is 5.91 Å². The number of carbonyl (C=O) groups excluding carboxylic acids is 1. The molecule has 0 saturated carbocycles. The summed E-state index contributed by atoms with van der Waals surface area (Å²) in [5, 5.41) is 11.6. The number of halogens is 1. The second-order valence-corrected chi connectivity index (χ2v) is 4.31. The molecule has 0 aliphatic heterocycles. The van der Waals surface area contributed by atoms with Crippen molar-refractivity contribution in [2.24, 2.45) is 0 Å².